The Labute approximate surface area is 197 Å². The molecule has 3 aliphatic rings. The minimum absolute atomic E-state index is 0.150. The van der Waals surface area contributed by atoms with Gasteiger partial charge in [0.15, 0.2) is 0 Å². The molecule has 4 atom stereocenters. The molecule has 2 saturated heterocycles. The van der Waals surface area contributed by atoms with E-state index in [0.29, 0.717) is 17.7 Å². The molecule has 0 bridgehead atoms. The molecule has 1 spiro atoms. The third-order valence-electron chi connectivity index (χ3n) is 7.65. The third kappa shape index (κ3) is 3.16. The lowest BCUT2D eigenvalue weighted by Crippen LogP contribution is -2.53. The zero-order chi connectivity index (χ0) is 24.2. The molecule has 0 aromatic heterocycles. The van der Waals surface area contributed by atoms with Gasteiger partial charge in [0.2, 0.25) is 17.7 Å². The number of hydrogen-bond donors (Lipinski definition) is 3. The molecule has 2 aromatic carbocycles. The van der Waals surface area contributed by atoms with Crippen LogP contribution in [0.2, 0.25) is 0 Å². The Morgan fingerprint density at radius 1 is 1.06 bits per heavy atom. The van der Waals surface area contributed by atoms with Gasteiger partial charge >= 0.3 is 5.97 Å². The maximum absolute atomic E-state index is 13.7. The minimum atomic E-state index is -1.39. The summed E-state index contributed by atoms with van der Waals surface area (Å²) in [5, 5.41) is 15.5. The van der Waals surface area contributed by atoms with Gasteiger partial charge in [-0.2, -0.15) is 0 Å². The second kappa shape index (κ2) is 8.06. The summed E-state index contributed by atoms with van der Waals surface area (Å²) in [5.74, 6) is -3.78. The number of aryl methyl sites for hydroxylation is 1. The van der Waals surface area contributed by atoms with Crippen LogP contribution in [0, 0.1) is 25.7 Å². The van der Waals surface area contributed by atoms with Crippen LogP contribution in [0.4, 0.5) is 5.69 Å². The molecule has 0 unspecified atom stereocenters. The van der Waals surface area contributed by atoms with E-state index >= 15 is 0 Å². The highest BCUT2D eigenvalue weighted by atomic mass is 16.4. The second-order valence-corrected chi connectivity index (χ2v) is 9.44. The van der Waals surface area contributed by atoms with Crippen LogP contribution in [0.1, 0.15) is 35.1 Å². The molecule has 2 aromatic rings. The number of carbonyl (C=O) groups is 4. The van der Waals surface area contributed by atoms with Gasteiger partial charge < -0.3 is 10.4 Å². The smallest absolute Gasteiger partial charge is 0.303 e. The number of fused-ring (bicyclic) bond motifs is 4. The lowest BCUT2D eigenvalue weighted by Gasteiger charge is -2.29. The molecular weight excluding hydrogens is 434 g/mol. The van der Waals surface area contributed by atoms with Gasteiger partial charge in [0.1, 0.15) is 5.54 Å². The van der Waals surface area contributed by atoms with E-state index in [-0.39, 0.29) is 37.1 Å². The van der Waals surface area contributed by atoms with Crippen LogP contribution >= 0.6 is 0 Å². The third-order valence-corrected chi connectivity index (χ3v) is 7.65. The van der Waals surface area contributed by atoms with Crippen LogP contribution in [-0.2, 0) is 31.1 Å². The van der Waals surface area contributed by atoms with Crippen LogP contribution in [0.25, 0.3) is 0 Å². The molecule has 8 heteroatoms. The monoisotopic (exact) mass is 461 g/mol. The van der Waals surface area contributed by atoms with Gasteiger partial charge in [-0.3, -0.25) is 29.4 Å². The standard InChI is InChI=1S/C26H27N3O5/c1-14-8-9-17-22(15(14)2)27-25(34)26(17)21-20(18(28-26)10-11-19(30)31)23(32)29(24(21)33)13-12-16-6-4-3-5-7-16/h3-9,18,20-21,28H,10-13H2,1-2H3,(H,27,34)(H,30,31)/t18-,20-,21+,26+/m1/s1. The van der Waals surface area contributed by atoms with Gasteiger partial charge in [-0.15, -0.1) is 0 Å². The predicted octanol–water partition coefficient (Wildman–Crippen LogP) is 2.13. The van der Waals surface area contributed by atoms with Gasteiger partial charge in [-0.05, 0) is 43.4 Å². The first kappa shape index (κ1) is 22.3. The predicted molar refractivity (Wildman–Crippen MR) is 124 cm³/mol. The molecule has 3 N–H and O–H groups in total. The average molecular weight is 462 g/mol. The zero-order valence-corrected chi connectivity index (χ0v) is 19.1. The molecule has 3 heterocycles. The molecule has 34 heavy (non-hydrogen) atoms. The first-order valence-corrected chi connectivity index (χ1v) is 11.6. The van der Waals surface area contributed by atoms with Crippen LogP contribution in [0.15, 0.2) is 42.5 Å². The highest BCUT2D eigenvalue weighted by molar-refractivity contribution is 6.15. The fourth-order valence-corrected chi connectivity index (χ4v) is 5.81. The van der Waals surface area contributed by atoms with E-state index < -0.39 is 29.4 Å². The van der Waals surface area contributed by atoms with E-state index in [9.17, 15) is 24.3 Å². The molecule has 3 aliphatic heterocycles. The molecule has 8 nitrogen and oxygen atoms in total. The molecule has 0 aliphatic carbocycles. The van der Waals surface area contributed by atoms with Crippen LogP contribution < -0.4 is 10.6 Å². The zero-order valence-electron chi connectivity index (χ0n) is 19.1. The van der Waals surface area contributed by atoms with E-state index in [2.05, 4.69) is 10.6 Å². The fraction of sp³-hybridized carbons (Fsp3) is 0.385. The minimum Gasteiger partial charge on any atom is -0.481 e. The number of likely N-dealkylation sites (tertiary alicyclic amines) is 1. The van der Waals surface area contributed by atoms with Gasteiger partial charge in [0, 0.05) is 30.3 Å². The van der Waals surface area contributed by atoms with E-state index in [1.54, 1.807) is 0 Å². The molecule has 176 valence electrons. The molecular formula is C26H27N3O5. The number of anilines is 1. The number of amides is 3. The summed E-state index contributed by atoms with van der Waals surface area (Å²) in [6.45, 7) is 4.08. The number of benzene rings is 2. The number of carboxylic acid groups (broad SMARTS) is 1. The topological polar surface area (TPSA) is 116 Å². The Morgan fingerprint density at radius 2 is 1.79 bits per heavy atom. The maximum atomic E-state index is 13.7. The van der Waals surface area contributed by atoms with Crippen molar-refractivity contribution in [3.8, 4) is 0 Å². The molecule has 3 amide bonds. The van der Waals surface area contributed by atoms with E-state index in [1.807, 2.05) is 56.3 Å². The van der Waals surface area contributed by atoms with Crippen molar-refractivity contribution in [1.29, 1.82) is 0 Å². The number of carbonyl (C=O) groups excluding carboxylic acids is 3. The Bertz CT molecular complexity index is 1210. The van der Waals surface area contributed by atoms with Crippen LogP contribution in [0.3, 0.4) is 0 Å². The van der Waals surface area contributed by atoms with Gasteiger partial charge in [-0.25, -0.2) is 0 Å². The Hall–Kier alpha value is -3.52. The Kier molecular flexibility index (Phi) is 5.28. The second-order valence-electron chi connectivity index (χ2n) is 9.44. The number of rotatable bonds is 6. The first-order valence-electron chi connectivity index (χ1n) is 11.6. The van der Waals surface area contributed by atoms with Gasteiger partial charge in [0.25, 0.3) is 0 Å². The first-order chi connectivity index (χ1) is 16.3. The summed E-state index contributed by atoms with van der Waals surface area (Å²) >= 11 is 0. The van der Waals surface area contributed by atoms with Crippen molar-refractivity contribution in [3.05, 3.63) is 64.7 Å². The van der Waals surface area contributed by atoms with Crippen molar-refractivity contribution in [2.24, 2.45) is 11.8 Å². The van der Waals surface area contributed by atoms with Crippen molar-refractivity contribution in [3.63, 3.8) is 0 Å². The van der Waals surface area contributed by atoms with E-state index in [4.69, 9.17) is 0 Å². The average Bonchev–Trinajstić information content (AvgIpc) is 3.39. The summed E-state index contributed by atoms with van der Waals surface area (Å²) < 4.78 is 0. The summed E-state index contributed by atoms with van der Waals surface area (Å²) in [4.78, 5) is 53.4. The lowest BCUT2D eigenvalue weighted by molar-refractivity contribution is -0.143. The summed E-state index contributed by atoms with van der Waals surface area (Å²) in [6, 6.07) is 12.7. The number of nitrogens with zero attached hydrogens (tertiary/aromatic N) is 1. The number of hydrogen-bond acceptors (Lipinski definition) is 5. The summed E-state index contributed by atoms with van der Waals surface area (Å²) in [6.07, 6.45) is 0.500. The van der Waals surface area contributed by atoms with Crippen molar-refractivity contribution >= 4 is 29.4 Å². The van der Waals surface area contributed by atoms with Crippen LogP contribution in [-0.4, -0.2) is 46.3 Å². The summed E-state index contributed by atoms with van der Waals surface area (Å²) in [5.41, 5.74) is 2.85. The van der Waals surface area contributed by atoms with Crippen molar-refractivity contribution in [2.75, 3.05) is 11.9 Å². The molecule has 0 saturated carbocycles. The lowest BCUT2D eigenvalue weighted by atomic mass is 9.76. The number of nitrogens with one attached hydrogen (secondary N) is 2. The van der Waals surface area contributed by atoms with Gasteiger partial charge in [0.05, 0.1) is 11.8 Å². The molecule has 0 radical (unpaired) electrons. The van der Waals surface area contributed by atoms with Crippen LogP contribution in [0.5, 0.6) is 0 Å². The van der Waals surface area contributed by atoms with Gasteiger partial charge in [-0.1, -0.05) is 42.5 Å². The SMILES string of the molecule is Cc1ccc2c(c1C)NC(=O)[C@]21N[C@H](CCC(=O)O)[C@H]2C(=O)N(CCc3ccccc3)C(=O)[C@H]21. The van der Waals surface area contributed by atoms with E-state index in [0.717, 1.165) is 16.7 Å². The van der Waals surface area contributed by atoms with Crippen molar-refractivity contribution in [2.45, 2.75) is 44.7 Å². The maximum Gasteiger partial charge on any atom is 0.303 e. The van der Waals surface area contributed by atoms with E-state index in [1.165, 1.54) is 4.90 Å². The highest BCUT2D eigenvalue weighted by Gasteiger charge is 2.70. The fourth-order valence-electron chi connectivity index (χ4n) is 5.81. The Morgan fingerprint density at radius 3 is 2.50 bits per heavy atom. The Balaban J connectivity index is 1.55. The van der Waals surface area contributed by atoms with Crippen molar-refractivity contribution in [1.82, 2.24) is 10.2 Å². The number of aliphatic carboxylic acids is 1. The quantitative estimate of drug-likeness (QED) is 0.568. The summed E-state index contributed by atoms with van der Waals surface area (Å²) in [7, 11) is 0. The number of carboxylic acids is 1. The normalized spacial score (nSPS) is 27.3. The molecule has 2 fully saturated rings. The molecule has 5 rings (SSSR count). The number of imide groups is 1. The highest BCUT2D eigenvalue weighted by Crippen LogP contribution is 2.54. The van der Waals surface area contributed by atoms with Crippen molar-refractivity contribution < 1.29 is 24.3 Å². The largest absolute Gasteiger partial charge is 0.481 e.